The van der Waals surface area contributed by atoms with Crippen LogP contribution >= 0.6 is 0 Å². The van der Waals surface area contributed by atoms with Crippen molar-refractivity contribution in [1.82, 2.24) is 9.80 Å². The molecule has 0 spiro atoms. The monoisotopic (exact) mass is 510 g/mol. The second-order valence-corrected chi connectivity index (χ2v) is 8.97. The third-order valence-corrected chi connectivity index (χ3v) is 6.79. The number of carbonyl (C=O) groups is 2. The van der Waals surface area contributed by atoms with Gasteiger partial charge in [-0.15, -0.1) is 0 Å². The zero-order valence-electron chi connectivity index (χ0n) is 21.8. The molecule has 2 heterocycles. The van der Waals surface area contributed by atoms with E-state index in [1.165, 1.54) is 12.0 Å². The Morgan fingerprint density at radius 1 is 1.03 bits per heavy atom. The van der Waals surface area contributed by atoms with Crippen molar-refractivity contribution in [2.45, 2.75) is 19.9 Å². The van der Waals surface area contributed by atoms with Crippen molar-refractivity contribution in [3.63, 3.8) is 0 Å². The number of methoxy groups -OCH3 is 2. The zero-order chi connectivity index (χ0) is 26.5. The van der Waals surface area contributed by atoms with Gasteiger partial charge in [0.1, 0.15) is 11.5 Å². The Kier molecular flexibility index (Phi) is 8.35. The van der Waals surface area contributed by atoms with Crippen LogP contribution in [-0.2, 0) is 14.3 Å². The van der Waals surface area contributed by atoms with Crippen molar-refractivity contribution in [3.05, 3.63) is 58.7 Å². The highest BCUT2D eigenvalue weighted by Gasteiger charge is 2.46. The summed E-state index contributed by atoms with van der Waals surface area (Å²) < 4.78 is 21.9. The molecule has 0 radical (unpaired) electrons. The van der Waals surface area contributed by atoms with Crippen molar-refractivity contribution in [1.29, 1.82) is 0 Å². The third-order valence-electron chi connectivity index (χ3n) is 6.79. The number of hydrogen-bond acceptors (Lipinski definition) is 8. The molecule has 4 rings (SSSR count). The lowest BCUT2D eigenvalue weighted by Gasteiger charge is -2.31. The Labute approximate surface area is 217 Å². The van der Waals surface area contributed by atoms with E-state index in [1.807, 2.05) is 13.8 Å². The van der Waals surface area contributed by atoms with Crippen LogP contribution in [0.15, 0.2) is 42.0 Å². The maximum atomic E-state index is 13.4. The largest absolute Gasteiger partial charge is 0.507 e. The van der Waals surface area contributed by atoms with Gasteiger partial charge >= 0.3 is 0 Å². The fraction of sp³-hybridized carbons (Fsp3) is 0.429. The highest BCUT2D eigenvalue weighted by atomic mass is 16.5. The third kappa shape index (κ3) is 5.42. The summed E-state index contributed by atoms with van der Waals surface area (Å²) >= 11 is 0. The number of likely N-dealkylation sites (tertiary alicyclic amines) is 1. The molecule has 0 aliphatic carbocycles. The van der Waals surface area contributed by atoms with Crippen molar-refractivity contribution >= 4 is 17.4 Å². The molecule has 1 unspecified atom stereocenters. The second kappa shape index (κ2) is 11.7. The molecule has 2 aromatic carbocycles. The number of ether oxygens (including phenoxy) is 4. The van der Waals surface area contributed by atoms with E-state index in [9.17, 15) is 14.7 Å². The predicted molar refractivity (Wildman–Crippen MR) is 138 cm³/mol. The second-order valence-electron chi connectivity index (χ2n) is 8.97. The van der Waals surface area contributed by atoms with Gasteiger partial charge in [-0.05, 0) is 55.3 Å². The number of carbonyl (C=O) groups excluding carboxylic acids is 2. The first kappa shape index (κ1) is 26.5. The molecule has 2 aliphatic rings. The van der Waals surface area contributed by atoms with Gasteiger partial charge in [0.15, 0.2) is 11.5 Å². The molecule has 9 heteroatoms. The Balaban J connectivity index is 1.79. The van der Waals surface area contributed by atoms with Gasteiger partial charge in [-0.3, -0.25) is 14.5 Å². The predicted octanol–water partition coefficient (Wildman–Crippen LogP) is 3.16. The number of benzene rings is 2. The molecule has 0 saturated carbocycles. The van der Waals surface area contributed by atoms with Crippen LogP contribution in [0.25, 0.3) is 5.76 Å². The number of nitrogens with zero attached hydrogens (tertiary/aromatic N) is 2. The van der Waals surface area contributed by atoms with Crippen LogP contribution in [0, 0.1) is 6.92 Å². The zero-order valence-corrected chi connectivity index (χ0v) is 21.8. The van der Waals surface area contributed by atoms with E-state index in [-0.39, 0.29) is 11.3 Å². The highest BCUT2D eigenvalue weighted by Crippen LogP contribution is 2.42. The molecule has 1 amide bonds. The van der Waals surface area contributed by atoms with Gasteiger partial charge < -0.3 is 29.0 Å². The summed E-state index contributed by atoms with van der Waals surface area (Å²) in [7, 11) is 3.07. The van der Waals surface area contributed by atoms with Crippen LogP contribution in [0.1, 0.15) is 29.7 Å². The van der Waals surface area contributed by atoms with Crippen molar-refractivity contribution < 1.29 is 33.6 Å². The molecule has 37 heavy (non-hydrogen) atoms. The fourth-order valence-electron chi connectivity index (χ4n) is 4.86. The molecule has 9 nitrogen and oxygen atoms in total. The van der Waals surface area contributed by atoms with E-state index in [4.69, 9.17) is 18.9 Å². The van der Waals surface area contributed by atoms with Gasteiger partial charge in [0, 0.05) is 31.7 Å². The molecule has 1 atom stereocenters. The highest BCUT2D eigenvalue weighted by molar-refractivity contribution is 6.46. The molecule has 2 fully saturated rings. The Morgan fingerprint density at radius 2 is 1.76 bits per heavy atom. The first-order chi connectivity index (χ1) is 17.9. The first-order valence-corrected chi connectivity index (χ1v) is 12.4. The molecule has 198 valence electrons. The van der Waals surface area contributed by atoms with E-state index in [2.05, 4.69) is 4.90 Å². The van der Waals surface area contributed by atoms with E-state index < -0.39 is 17.7 Å². The van der Waals surface area contributed by atoms with E-state index >= 15 is 0 Å². The summed E-state index contributed by atoms with van der Waals surface area (Å²) in [5, 5.41) is 11.5. The summed E-state index contributed by atoms with van der Waals surface area (Å²) in [5.74, 6) is 0.0899. The van der Waals surface area contributed by atoms with Gasteiger partial charge in [0.2, 0.25) is 0 Å². The quantitative estimate of drug-likeness (QED) is 0.312. The lowest BCUT2D eigenvalue weighted by atomic mass is 9.93. The molecular weight excluding hydrogens is 476 g/mol. The number of aryl methyl sites for hydroxylation is 1. The number of amides is 1. The SMILES string of the molecule is CCOc1ccc(/C(O)=C2\C(=O)C(=O)N(CCN3CCOCC3)C2c2ccc(OC)c(OC)c2)c(C)c1. The summed E-state index contributed by atoms with van der Waals surface area (Å²) in [6, 6.07) is 9.74. The molecular formula is C28H34N2O7. The van der Waals surface area contributed by atoms with Gasteiger partial charge in [0.25, 0.3) is 11.7 Å². The normalized spacial score (nSPS) is 19.8. The van der Waals surface area contributed by atoms with Crippen LogP contribution in [0.4, 0.5) is 0 Å². The number of ketones is 1. The van der Waals surface area contributed by atoms with E-state index in [0.717, 1.165) is 18.7 Å². The maximum absolute atomic E-state index is 13.4. The number of aliphatic hydroxyl groups excluding tert-OH is 1. The minimum Gasteiger partial charge on any atom is -0.507 e. The average Bonchev–Trinajstić information content (AvgIpc) is 3.17. The molecule has 2 saturated heterocycles. The standard InChI is InChI=1S/C28H34N2O7/c1-5-37-20-7-8-21(18(2)16-20)26(31)24-25(19-6-9-22(34-3)23(17-19)35-4)30(28(33)27(24)32)11-10-29-12-14-36-15-13-29/h6-9,16-17,25,31H,5,10-15H2,1-4H3/b26-24+. The van der Waals surface area contributed by atoms with Crippen LogP contribution in [-0.4, -0.2) is 86.8 Å². The molecule has 2 aliphatic heterocycles. The van der Waals surface area contributed by atoms with Crippen molar-refractivity contribution in [3.8, 4) is 17.2 Å². The van der Waals surface area contributed by atoms with Crippen LogP contribution in [0.5, 0.6) is 17.2 Å². The smallest absolute Gasteiger partial charge is 0.295 e. The Morgan fingerprint density at radius 3 is 2.41 bits per heavy atom. The number of aliphatic hydroxyl groups is 1. The van der Waals surface area contributed by atoms with Gasteiger partial charge in [-0.25, -0.2) is 0 Å². The summed E-state index contributed by atoms with van der Waals surface area (Å²) in [6.07, 6.45) is 0. The number of hydrogen-bond donors (Lipinski definition) is 1. The van der Waals surface area contributed by atoms with Crippen LogP contribution in [0.3, 0.4) is 0 Å². The van der Waals surface area contributed by atoms with Gasteiger partial charge in [0.05, 0.1) is 45.7 Å². The van der Waals surface area contributed by atoms with Gasteiger partial charge in [-0.2, -0.15) is 0 Å². The topological polar surface area (TPSA) is 97.8 Å². The van der Waals surface area contributed by atoms with E-state index in [1.54, 1.807) is 43.5 Å². The van der Waals surface area contributed by atoms with E-state index in [0.29, 0.717) is 61.3 Å². The lowest BCUT2D eigenvalue weighted by molar-refractivity contribution is -0.140. The van der Waals surface area contributed by atoms with Crippen LogP contribution in [0.2, 0.25) is 0 Å². The molecule has 1 N–H and O–H groups in total. The minimum atomic E-state index is -0.785. The molecule has 0 bridgehead atoms. The Bertz CT molecular complexity index is 1190. The lowest BCUT2D eigenvalue weighted by Crippen LogP contribution is -2.42. The van der Waals surface area contributed by atoms with Crippen LogP contribution < -0.4 is 14.2 Å². The van der Waals surface area contributed by atoms with Gasteiger partial charge in [-0.1, -0.05) is 6.07 Å². The first-order valence-electron chi connectivity index (χ1n) is 12.4. The minimum absolute atomic E-state index is 0.0476. The summed E-state index contributed by atoms with van der Waals surface area (Å²) in [4.78, 5) is 30.5. The maximum Gasteiger partial charge on any atom is 0.295 e. The Hall–Kier alpha value is -3.56. The van der Waals surface area contributed by atoms with Crippen molar-refractivity contribution in [2.75, 3.05) is 60.2 Å². The summed E-state index contributed by atoms with van der Waals surface area (Å²) in [5.41, 5.74) is 1.89. The number of morpholine rings is 1. The fourth-order valence-corrected chi connectivity index (χ4v) is 4.86. The molecule has 2 aromatic rings. The molecule has 0 aromatic heterocycles. The number of Topliss-reactive ketones (excluding diaryl/α,β-unsaturated/α-hetero) is 1. The van der Waals surface area contributed by atoms with Crippen molar-refractivity contribution in [2.24, 2.45) is 0 Å². The summed E-state index contributed by atoms with van der Waals surface area (Å²) in [6.45, 7) is 7.93. The average molecular weight is 511 g/mol. The number of rotatable bonds is 9.